The largest absolute Gasteiger partial charge is 0.368 e. The lowest BCUT2D eigenvalue weighted by atomic mass is 10.2. The summed E-state index contributed by atoms with van der Waals surface area (Å²) in [5.41, 5.74) is 2.53. The van der Waals surface area contributed by atoms with E-state index in [0.29, 0.717) is 24.5 Å². The van der Waals surface area contributed by atoms with Gasteiger partial charge >= 0.3 is 0 Å². The molecule has 2 aromatic carbocycles. The topological polar surface area (TPSA) is 41.4 Å². The number of hydrogen-bond acceptors (Lipinski definition) is 3. The molecule has 0 bridgehead atoms. The third-order valence-electron chi connectivity index (χ3n) is 4.82. The number of nitrogens with zero attached hydrogens (tertiary/aromatic N) is 4. The molecule has 0 spiro atoms. The molecule has 1 fully saturated rings. The van der Waals surface area contributed by atoms with Crippen LogP contribution < -0.4 is 4.90 Å². The number of benzene rings is 2. The molecule has 6 heteroatoms. The number of para-hydroxylation sites is 2. The molecule has 1 saturated heterocycles. The number of rotatable bonds is 3. The molecule has 1 aromatic heterocycles. The second-order valence-corrected chi connectivity index (χ2v) is 6.65. The third-order valence-corrected chi connectivity index (χ3v) is 4.82. The maximum absolute atomic E-state index is 14.2. The van der Waals surface area contributed by atoms with Gasteiger partial charge in [0.25, 0.3) is 5.91 Å². The molecule has 5 nitrogen and oxygen atoms in total. The highest BCUT2D eigenvalue weighted by Gasteiger charge is 2.26. The van der Waals surface area contributed by atoms with E-state index in [4.69, 9.17) is 0 Å². The molecule has 0 N–H and O–H groups in total. The van der Waals surface area contributed by atoms with Crippen molar-refractivity contribution >= 4 is 11.6 Å². The summed E-state index contributed by atoms with van der Waals surface area (Å²) in [6.07, 6.45) is 0. The van der Waals surface area contributed by atoms with Crippen LogP contribution in [0, 0.1) is 12.7 Å². The Bertz CT molecular complexity index is 946. The van der Waals surface area contributed by atoms with E-state index in [1.165, 1.54) is 10.7 Å². The minimum atomic E-state index is -0.399. The molecule has 0 saturated carbocycles. The Labute approximate surface area is 157 Å². The van der Waals surface area contributed by atoms with E-state index in [2.05, 4.69) is 22.1 Å². The average Bonchev–Trinajstić information content (AvgIpc) is 3.10. The maximum atomic E-state index is 14.2. The van der Waals surface area contributed by atoms with Gasteiger partial charge in [-0.3, -0.25) is 4.79 Å². The molecule has 27 heavy (non-hydrogen) atoms. The fraction of sp³-hybridized carbons (Fsp3) is 0.238. The highest BCUT2D eigenvalue weighted by atomic mass is 19.1. The predicted octanol–water partition coefficient (Wildman–Crippen LogP) is 3.28. The van der Waals surface area contributed by atoms with Crippen LogP contribution >= 0.6 is 0 Å². The van der Waals surface area contributed by atoms with Crippen molar-refractivity contribution in [3.8, 4) is 5.69 Å². The highest BCUT2D eigenvalue weighted by Crippen LogP contribution is 2.20. The van der Waals surface area contributed by atoms with Gasteiger partial charge in [0.1, 0.15) is 17.2 Å². The van der Waals surface area contributed by atoms with Gasteiger partial charge in [-0.2, -0.15) is 5.10 Å². The standard InChI is InChI=1S/C21H21FN4O/c1-16-15-20(26(23-16)19-10-6-5-9-18(19)22)21(27)25-13-11-24(12-14-25)17-7-3-2-4-8-17/h2-10,15H,11-14H2,1H3. The molecule has 1 amide bonds. The maximum Gasteiger partial charge on any atom is 0.272 e. The normalized spacial score (nSPS) is 14.4. The summed E-state index contributed by atoms with van der Waals surface area (Å²) in [5, 5.41) is 4.34. The van der Waals surface area contributed by atoms with Crippen molar-refractivity contribution < 1.29 is 9.18 Å². The highest BCUT2D eigenvalue weighted by molar-refractivity contribution is 5.93. The van der Waals surface area contributed by atoms with Crippen LogP contribution in [0.1, 0.15) is 16.2 Å². The number of aromatic nitrogens is 2. The van der Waals surface area contributed by atoms with E-state index in [-0.39, 0.29) is 11.6 Å². The molecule has 0 atom stereocenters. The first-order valence-corrected chi connectivity index (χ1v) is 9.04. The van der Waals surface area contributed by atoms with Gasteiger partial charge in [-0.25, -0.2) is 9.07 Å². The van der Waals surface area contributed by atoms with Gasteiger partial charge in [0.05, 0.1) is 5.69 Å². The van der Waals surface area contributed by atoms with Crippen molar-refractivity contribution in [2.24, 2.45) is 0 Å². The summed E-state index contributed by atoms with van der Waals surface area (Å²) in [7, 11) is 0. The lowest BCUT2D eigenvalue weighted by Crippen LogP contribution is -2.49. The Morgan fingerprint density at radius 3 is 2.33 bits per heavy atom. The first-order valence-electron chi connectivity index (χ1n) is 9.04. The van der Waals surface area contributed by atoms with Gasteiger partial charge < -0.3 is 9.80 Å². The van der Waals surface area contributed by atoms with Crippen LogP contribution in [0.3, 0.4) is 0 Å². The number of piperazine rings is 1. The van der Waals surface area contributed by atoms with E-state index in [0.717, 1.165) is 18.8 Å². The quantitative estimate of drug-likeness (QED) is 0.716. The molecular formula is C21H21FN4O. The zero-order chi connectivity index (χ0) is 18.8. The zero-order valence-corrected chi connectivity index (χ0v) is 15.2. The molecule has 138 valence electrons. The Kier molecular flexibility index (Phi) is 4.62. The minimum Gasteiger partial charge on any atom is -0.368 e. The second-order valence-electron chi connectivity index (χ2n) is 6.65. The van der Waals surface area contributed by atoms with Gasteiger partial charge in [0.15, 0.2) is 0 Å². The molecular weight excluding hydrogens is 343 g/mol. The molecule has 0 unspecified atom stereocenters. The average molecular weight is 364 g/mol. The van der Waals surface area contributed by atoms with E-state index in [9.17, 15) is 9.18 Å². The van der Waals surface area contributed by atoms with Gasteiger partial charge in [-0.15, -0.1) is 0 Å². The third kappa shape index (κ3) is 3.43. The molecule has 3 aromatic rings. The molecule has 1 aliphatic heterocycles. The fourth-order valence-electron chi connectivity index (χ4n) is 3.43. The van der Waals surface area contributed by atoms with Crippen LogP contribution in [-0.4, -0.2) is 46.8 Å². The SMILES string of the molecule is Cc1cc(C(=O)N2CCN(c3ccccc3)CC2)n(-c2ccccc2F)n1. The fourth-order valence-corrected chi connectivity index (χ4v) is 3.43. The Hall–Kier alpha value is -3.15. The van der Waals surface area contributed by atoms with E-state index >= 15 is 0 Å². The van der Waals surface area contributed by atoms with Gasteiger partial charge in [0, 0.05) is 31.9 Å². The summed E-state index contributed by atoms with van der Waals surface area (Å²) in [6, 6.07) is 18.3. The summed E-state index contributed by atoms with van der Waals surface area (Å²) in [6.45, 7) is 4.58. The minimum absolute atomic E-state index is 0.119. The van der Waals surface area contributed by atoms with Crippen LogP contribution in [-0.2, 0) is 0 Å². The molecule has 0 radical (unpaired) electrons. The monoisotopic (exact) mass is 364 g/mol. The second kappa shape index (κ2) is 7.23. The predicted molar refractivity (Wildman–Crippen MR) is 103 cm³/mol. The molecule has 0 aliphatic carbocycles. The van der Waals surface area contributed by atoms with Crippen LogP contribution in [0.15, 0.2) is 60.7 Å². The lowest BCUT2D eigenvalue weighted by molar-refractivity contribution is 0.0737. The van der Waals surface area contributed by atoms with Gasteiger partial charge in [-0.1, -0.05) is 30.3 Å². The first-order chi connectivity index (χ1) is 13.1. The van der Waals surface area contributed by atoms with Crippen molar-refractivity contribution in [2.45, 2.75) is 6.92 Å². The Morgan fingerprint density at radius 1 is 0.963 bits per heavy atom. The summed E-state index contributed by atoms with van der Waals surface area (Å²) in [4.78, 5) is 17.2. The Morgan fingerprint density at radius 2 is 1.63 bits per heavy atom. The molecule has 4 rings (SSSR count). The number of halogens is 1. The lowest BCUT2D eigenvalue weighted by Gasteiger charge is -2.36. The van der Waals surface area contributed by atoms with E-state index in [1.807, 2.05) is 30.0 Å². The first kappa shape index (κ1) is 17.3. The Balaban J connectivity index is 1.54. The number of aryl methyl sites for hydroxylation is 1. The number of carbonyl (C=O) groups excluding carboxylic acids is 1. The zero-order valence-electron chi connectivity index (χ0n) is 15.2. The number of carbonyl (C=O) groups is 1. The smallest absolute Gasteiger partial charge is 0.272 e. The number of hydrogen-bond donors (Lipinski definition) is 0. The molecule has 2 heterocycles. The summed E-state index contributed by atoms with van der Waals surface area (Å²) >= 11 is 0. The van der Waals surface area contributed by atoms with E-state index in [1.54, 1.807) is 24.3 Å². The summed E-state index contributed by atoms with van der Waals surface area (Å²) in [5.74, 6) is -0.518. The number of anilines is 1. The van der Waals surface area contributed by atoms with Gasteiger partial charge in [-0.05, 0) is 37.3 Å². The van der Waals surface area contributed by atoms with Crippen molar-refractivity contribution in [2.75, 3.05) is 31.1 Å². The van der Waals surface area contributed by atoms with Crippen LogP contribution in [0.5, 0.6) is 0 Å². The van der Waals surface area contributed by atoms with E-state index < -0.39 is 5.82 Å². The van der Waals surface area contributed by atoms with Crippen molar-refractivity contribution in [1.29, 1.82) is 0 Å². The summed E-state index contributed by atoms with van der Waals surface area (Å²) < 4.78 is 15.6. The van der Waals surface area contributed by atoms with Gasteiger partial charge in [0.2, 0.25) is 0 Å². The van der Waals surface area contributed by atoms with Crippen LogP contribution in [0.4, 0.5) is 10.1 Å². The van der Waals surface area contributed by atoms with Crippen LogP contribution in [0.25, 0.3) is 5.69 Å². The molecule has 1 aliphatic rings. The van der Waals surface area contributed by atoms with Crippen molar-refractivity contribution in [3.05, 3.63) is 77.9 Å². The van der Waals surface area contributed by atoms with Crippen molar-refractivity contribution in [1.82, 2.24) is 14.7 Å². The van der Waals surface area contributed by atoms with Crippen LogP contribution in [0.2, 0.25) is 0 Å². The number of amides is 1. The van der Waals surface area contributed by atoms with Crippen molar-refractivity contribution in [3.63, 3.8) is 0 Å².